The fourth-order valence-corrected chi connectivity index (χ4v) is 2.34. The molecule has 0 saturated heterocycles. The number of aromatic hydroxyl groups is 1. The first-order valence-electron chi connectivity index (χ1n) is 4.59. The third kappa shape index (κ3) is 1.75. The summed E-state index contributed by atoms with van der Waals surface area (Å²) in [7, 11) is -4.21. The lowest BCUT2D eigenvalue weighted by atomic mass is 10.0. The molecule has 5 heteroatoms. The summed E-state index contributed by atoms with van der Waals surface area (Å²) in [6.45, 7) is 1.68. The van der Waals surface area contributed by atoms with E-state index in [1.165, 1.54) is 18.2 Å². The van der Waals surface area contributed by atoms with Crippen molar-refractivity contribution in [1.82, 2.24) is 0 Å². The van der Waals surface area contributed by atoms with Gasteiger partial charge in [0.25, 0.3) is 10.1 Å². The van der Waals surface area contributed by atoms with E-state index in [4.69, 9.17) is 4.55 Å². The quantitative estimate of drug-likeness (QED) is 0.746. The lowest BCUT2D eigenvalue weighted by Crippen LogP contribution is -1.98. The van der Waals surface area contributed by atoms with Crippen molar-refractivity contribution in [2.75, 3.05) is 0 Å². The molecular weight excluding hydrogens is 228 g/mol. The highest BCUT2D eigenvalue weighted by Gasteiger charge is 2.13. The summed E-state index contributed by atoms with van der Waals surface area (Å²) in [6.07, 6.45) is 0. The van der Waals surface area contributed by atoms with Crippen LogP contribution < -0.4 is 0 Å². The highest BCUT2D eigenvalue weighted by molar-refractivity contribution is 7.85. The Morgan fingerprint density at radius 2 is 1.88 bits per heavy atom. The molecule has 0 bridgehead atoms. The number of rotatable bonds is 1. The molecule has 0 aromatic heterocycles. The summed E-state index contributed by atoms with van der Waals surface area (Å²) in [5.41, 5.74) is 0.600. The van der Waals surface area contributed by atoms with Crippen molar-refractivity contribution in [2.45, 2.75) is 11.8 Å². The molecule has 16 heavy (non-hydrogen) atoms. The minimum Gasteiger partial charge on any atom is -0.507 e. The molecule has 0 heterocycles. The number of aryl methyl sites for hydroxylation is 1. The summed E-state index contributed by atoms with van der Waals surface area (Å²) < 4.78 is 31.0. The van der Waals surface area contributed by atoms with Crippen molar-refractivity contribution in [2.24, 2.45) is 0 Å². The van der Waals surface area contributed by atoms with Crippen LogP contribution in [0.1, 0.15) is 5.56 Å². The SMILES string of the molecule is Cc1cc(S(=O)(=O)O)cc2cccc(O)c12. The van der Waals surface area contributed by atoms with Crippen molar-refractivity contribution in [3.05, 3.63) is 35.9 Å². The Morgan fingerprint density at radius 3 is 2.50 bits per heavy atom. The van der Waals surface area contributed by atoms with Crippen molar-refractivity contribution in [3.8, 4) is 5.75 Å². The average Bonchev–Trinajstić information content (AvgIpc) is 2.15. The largest absolute Gasteiger partial charge is 0.507 e. The molecule has 84 valence electrons. The number of benzene rings is 2. The standard InChI is InChI=1S/C11H10O4S/c1-7-5-9(16(13,14)15)6-8-3-2-4-10(12)11(7)8/h2-6,12H,1H3,(H,13,14,15). The predicted octanol–water partition coefficient (Wildman–Crippen LogP) is 2.10. The maximum absolute atomic E-state index is 11.0. The van der Waals surface area contributed by atoms with E-state index in [9.17, 15) is 13.5 Å². The lowest BCUT2D eigenvalue weighted by Gasteiger charge is -2.06. The maximum atomic E-state index is 11.0. The Bertz CT molecular complexity index is 659. The van der Waals surface area contributed by atoms with E-state index < -0.39 is 10.1 Å². The fraction of sp³-hybridized carbons (Fsp3) is 0.0909. The monoisotopic (exact) mass is 238 g/mol. The molecule has 0 spiro atoms. The summed E-state index contributed by atoms with van der Waals surface area (Å²) in [5.74, 6) is 0.0943. The van der Waals surface area contributed by atoms with Gasteiger partial charge >= 0.3 is 0 Å². The Kier molecular flexibility index (Phi) is 2.36. The van der Waals surface area contributed by atoms with Gasteiger partial charge in [-0.3, -0.25) is 4.55 Å². The number of hydrogen-bond donors (Lipinski definition) is 2. The Balaban J connectivity index is 2.89. The molecule has 0 amide bonds. The first kappa shape index (κ1) is 10.9. The zero-order valence-corrected chi connectivity index (χ0v) is 9.32. The number of fused-ring (bicyclic) bond motifs is 1. The van der Waals surface area contributed by atoms with Crippen molar-refractivity contribution in [1.29, 1.82) is 0 Å². The van der Waals surface area contributed by atoms with Crippen LogP contribution in [0.5, 0.6) is 5.75 Å². The molecule has 0 aliphatic carbocycles. The molecule has 2 N–H and O–H groups in total. The van der Waals surface area contributed by atoms with Gasteiger partial charge in [-0.05, 0) is 36.1 Å². The maximum Gasteiger partial charge on any atom is 0.294 e. The molecule has 0 fully saturated rings. The minimum atomic E-state index is -4.21. The molecule has 0 radical (unpaired) electrons. The van der Waals surface area contributed by atoms with Crippen LogP contribution in [0.3, 0.4) is 0 Å². The van der Waals surface area contributed by atoms with Crippen LogP contribution in [0.15, 0.2) is 35.2 Å². The zero-order chi connectivity index (χ0) is 11.9. The van der Waals surface area contributed by atoms with E-state index in [-0.39, 0.29) is 10.6 Å². The first-order chi connectivity index (χ1) is 7.39. The second kappa shape index (κ2) is 3.47. The Labute approximate surface area is 92.9 Å². The summed E-state index contributed by atoms with van der Waals surface area (Å²) >= 11 is 0. The summed E-state index contributed by atoms with van der Waals surface area (Å²) in [4.78, 5) is -0.164. The molecule has 2 rings (SSSR count). The van der Waals surface area contributed by atoms with Crippen LogP contribution in [0.2, 0.25) is 0 Å². The van der Waals surface area contributed by atoms with Gasteiger partial charge < -0.3 is 5.11 Å². The molecule has 0 aliphatic rings. The second-order valence-electron chi connectivity index (χ2n) is 3.59. The van der Waals surface area contributed by atoms with Gasteiger partial charge in [-0.25, -0.2) is 0 Å². The van der Waals surface area contributed by atoms with Gasteiger partial charge in [-0.15, -0.1) is 0 Å². The van der Waals surface area contributed by atoms with Gasteiger partial charge in [0.2, 0.25) is 0 Å². The zero-order valence-electron chi connectivity index (χ0n) is 8.51. The molecule has 2 aromatic carbocycles. The van der Waals surface area contributed by atoms with Crippen LogP contribution in [-0.2, 0) is 10.1 Å². The molecule has 4 nitrogen and oxygen atoms in total. The van der Waals surface area contributed by atoms with Gasteiger partial charge in [0, 0.05) is 5.39 Å². The molecule has 2 aromatic rings. The number of phenols is 1. The third-order valence-electron chi connectivity index (χ3n) is 2.42. The van der Waals surface area contributed by atoms with E-state index >= 15 is 0 Å². The number of hydrogen-bond acceptors (Lipinski definition) is 3. The summed E-state index contributed by atoms with van der Waals surface area (Å²) in [5, 5.41) is 10.8. The first-order valence-corrected chi connectivity index (χ1v) is 6.03. The molecule has 0 saturated carbocycles. The van der Waals surface area contributed by atoms with Crippen molar-refractivity contribution in [3.63, 3.8) is 0 Å². The van der Waals surface area contributed by atoms with Gasteiger partial charge in [0.05, 0.1) is 4.90 Å². The van der Waals surface area contributed by atoms with Crippen molar-refractivity contribution >= 4 is 20.9 Å². The van der Waals surface area contributed by atoms with Gasteiger partial charge in [0.1, 0.15) is 5.75 Å². The normalized spacial score (nSPS) is 11.9. The minimum absolute atomic E-state index is 0.0943. The summed E-state index contributed by atoms with van der Waals surface area (Å²) in [6, 6.07) is 7.48. The van der Waals surface area contributed by atoms with Crippen LogP contribution in [0.4, 0.5) is 0 Å². The van der Waals surface area contributed by atoms with Crippen LogP contribution in [-0.4, -0.2) is 18.1 Å². The van der Waals surface area contributed by atoms with Gasteiger partial charge in [-0.2, -0.15) is 8.42 Å². The second-order valence-corrected chi connectivity index (χ2v) is 5.01. The topological polar surface area (TPSA) is 74.6 Å². The average molecular weight is 238 g/mol. The van der Waals surface area contributed by atoms with Crippen LogP contribution in [0.25, 0.3) is 10.8 Å². The van der Waals surface area contributed by atoms with Crippen LogP contribution in [0, 0.1) is 6.92 Å². The van der Waals surface area contributed by atoms with E-state index in [0.717, 1.165) is 0 Å². The Hall–Kier alpha value is -1.59. The molecular formula is C11H10O4S. The van der Waals surface area contributed by atoms with Crippen molar-refractivity contribution < 1.29 is 18.1 Å². The van der Waals surface area contributed by atoms with E-state index in [1.807, 2.05) is 0 Å². The predicted molar refractivity (Wildman–Crippen MR) is 60.2 cm³/mol. The third-order valence-corrected chi connectivity index (χ3v) is 3.25. The smallest absolute Gasteiger partial charge is 0.294 e. The molecule has 0 atom stereocenters. The van der Waals surface area contributed by atoms with E-state index in [2.05, 4.69) is 0 Å². The van der Waals surface area contributed by atoms with Gasteiger partial charge in [0.15, 0.2) is 0 Å². The van der Waals surface area contributed by atoms with E-state index in [1.54, 1.807) is 19.1 Å². The van der Waals surface area contributed by atoms with Gasteiger partial charge in [-0.1, -0.05) is 12.1 Å². The number of phenolic OH excluding ortho intramolecular Hbond substituents is 1. The highest BCUT2D eigenvalue weighted by Crippen LogP contribution is 2.29. The molecule has 0 aliphatic heterocycles. The van der Waals surface area contributed by atoms with Crippen LogP contribution >= 0.6 is 0 Å². The Morgan fingerprint density at radius 1 is 1.19 bits per heavy atom. The fourth-order valence-electron chi connectivity index (χ4n) is 1.74. The molecule has 0 unspecified atom stereocenters. The van der Waals surface area contributed by atoms with E-state index in [0.29, 0.717) is 16.3 Å². The lowest BCUT2D eigenvalue weighted by molar-refractivity contribution is 0.479. The highest BCUT2D eigenvalue weighted by atomic mass is 32.2.